The number of fused-ring (bicyclic) bond motifs is 3. The Morgan fingerprint density at radius 1 is 1.09 bits per heavy atom. The third kappa shape index (κ3) is 1.69. The van der Waals surface area contributed by atoms with E-state index in [1.807, 2.05) is 12.1 Å². The smallest absolute Gasteiger partial charge is 0.193 e. The first-order chi connectivity index (χ1) is 10.4. The van der Waals surface area contributed by atoms with Gasteiger partial charge in [0.2, 0.25) is 0 Å². The van der Waals surface area contributed by atoms with Crippen LogP contribution in [-0.4, -0.2) is 10.9 Å². The second-order valence-corrected chi connectivity index (χ2v) is 7.43. The number of rotatable bonds is 0. The summed E-state index contributed by atoms with van der Waals surface area (Å²) in [6.07, 6.45) is 0.790. The molecule has 0 unspecified atom stereocenters. The number of allylic oxidation sites excluding steroid dienone is 2. The number of phenolic OH excluding ortho intramolecular Hbond substituents is 1. The number of hydrogen-bond acceptors (Lipinski definition) is 2. The average molecular weight is 355 g/mol. The number of benzene rings is 2. The molecule has 2 aromatic rings. The van der Waals surface area contributed by atoms with Crippen LogP contribution in [0.3, 0.4) is 0 Å². The van der Waals surface area contributed by atoms with Crippen LogP contribution in [0.5, 0.6) is 5.75 Å². The van der Waals surface area contributed by atoms with Crippen LogP contribution in [-0.2, 0) is 11.8 Å². The van der Waals surface area contributed by atoms with Crippen LogP contribution < -0.4 is 0 Å². The molecule has 0 aliphatic heterocycles. The van der Waals surface area contributed by atoms with Gasteiger partial charge in [-0.2, -0.15) is 0 Å². The second-order valence-electron chi connectivity index (χ2n) is 6.52. The van der Waals surface area contributed by atoms with E-state index in [0.29, 0.717) is 5.56 Å². The van der Waals surface area contributed by atoms with Crippen LogP contribution >= 0.6 is 15.9 Å². The minimum Gasteiger partial charge on any atom is -0.508 e. The van der Waals surface area contributed by atoms with Gasteiger partial charge in [-0.3, -0.25) is 4.79 Å². The summed E-state index contributed by atoms with van der Waals surface area (Å²) in [7, 11) is 0. The molecule has 0 amide bonds. The van der Waals surface area contributed by atoms with Crippen LogP contribution in [0.4, 0.5) is 0 Å². The summed E-state index contributed by atoms with van der Waals surface area (Å²) in [5.41, 5.74) is 5.62. The quantitative estimate of drug-likeness (QED) is 0.748. The maximum absolute atomic E-state index is 13.0. The van der Waals surface area contributed by atoms with Gasteiger partial charge in [0.1, 0.15) is 5.75 Å². The van der Waals surface area contributed by atoms with Gasteiger partial charge in [-0.1, -0.05) is 35.8 Å². The summed E-state index contributed by atoms with van der Waals surface area (Å²) in [5, 5.41) is 9.82. The predicted octanol–water partition coefficient (Wildman–Crippen LogP) is 4.64. The monoisotopic (exact) mass is 354 g/mol. The maximum atomic E-state index is 13.0. The van der Waals surface area contributed by atoms with Gasteiger partial charge in [-0.05, 0) is 59.0 Å². The molecule has 2 aromatic carbocycles. The third-order valence-electron chi connectivity index (χ3n) is 4.91. The summed E-state index contributed by atoms with van der Waals surface area (Å²) < 4.78 is 1.03. The normalized spacial score (nSPS) is 18.0. The fourth-order valence-electron chi connectivity index (χ4n) is 3.73. The van der Waals surface area contributed by atoms with E-state index in [2.05, 4.69) is 35.8 Å². The lowest BCUT2D eigenvalue weighted by molar-refractivity contribution is 0.105. The second kappa shape index (κ2) is 4.32. The van der Waals surface area contributed by atoms with E-state index in [1.54, 1.807) is 18.2 Å². The van der Waals surface area contributed by atoms with Crippen LogP contribution in [0.25, 0.3) is 5.57 Å². The zero-order valence-electron chi connectivity index (χ0n) is 12.4. The first kappa shape index (κ1) is 13.8. The standard InChI is InChI=1S/C19H15BrO2/c1-19(2)15-9-12(21)4-6-14(15)18(22)17-13-5-3-11(20)7-10(13)8-16(17)19/h3-7,9,21H,8H2,1-2H3. The Balaban J connectivity index is 2.00. The minimum absolute atomic E-state index is 0.0744. The number of Topliss-reactive ketones (excluding diaryl/α,β-unsaturated/α-hetero) is 1. The number of halogens is 1. The molecule has 0 spiro atoms. The van der Waals surface area contributed by atoms with E-state index in [0.717, 1.165) is 33.2 Å². The van der Waals surface area contributed by atoms with Crippen molar-refractivity contribution in [2.24, 2.45) is 0 Å². The van der Waals surface area contributed by atoms with E-state index in [-0.39, 0.29) is 16.9 Å². The molecular formula is C19H15BrO2. The van der Waals surface area contributed by atoms with Gasteiger partial charge in [0, 0.05) is 21.0 Å². The van der Waals surface area contributed by atoms with Gasteiger partial charge in [-0.15, -0.1) is 0 Å². The van der Waals surface area contributed by atoms with E-state index in [1.165, 1.54) is 5.56 Å². The fourth-order valence-corrected chi connectivity index (χ4v) is 4.14. The summed E-state index contributed by atoms with van der Waals surface area (Å²) >= 11 is 3.51. The van der Waals surface area contributed by atoms with E-state index in [4.69, 9.17) is 0 Å². The molecular weight excluding hydrogens is 340 g/mol. The highest BCUT2D eigenvalue weighted by Gasteiger charge is 2.42. The number of ketones is 1. The predicted molar refractivity (Wildman–Crippen MR) is 90.2 cm³/mol. The van der Waals surface area contributed by atoms with Gasteiger partial charge in [0.25, 0.3) is 0 Å². The maximum Gasteiger partial charge on any atom is 0.193 e. The highest BCUT2D eigenvalue weighted by Crippen LogP contribution is 2.50. The highest BCUT2D eigenvalue weighted by atomic mass is 79.9. The van der Waals surface area contributed by atoms with Crippen molar-refractivity contribution in [1.29, 1.82) is 0 Å². The van der Waals surface area contributed by atoms with Crippen LogP contribution in [0.1, 0.15) is 40.9 Å². The number of aromatic hydroxyl groups is 1. The van der Waals surface area contributed by atoms with Crippen molar-refractivity contribution in [3.05, 3.63) is 68.7 Å². The van der Waals surface area contributed by atoms with Crippen LogP contribution in [0.15, 0.2) is 46.4 Å². The summed E-state index contributed by atoms with van der Waals surface area (Å²) in [6.45, 7) is 4.27. The number of hydrogen-bond donors (Lipinski definition) is 1. The Kier molecular flexibility index (Phi) is 2.71. The molecule has 0 saturated heterocycles. The summed E-state index contributed by atoms with van der Waals surface area (Å²) in [5.74, 6) is 0.285. The largest absolute Gasteiger partial charge is 0.508 e. The molecule has 3 heteroatoms. The molecule has 4 rings (SSSR count). The Hall–Kier alpha value is -1.87. The Morgan fingerprint density at radius 3 is 2.59 bits per heavy atom. The number of carbonyl (C=O) groups is 1. The minimum atomic E-state index is -0.261. The lowest BCUT2D eigenvalue weighted by Gasteiger charge is -2.34. The van der Waals surface area contributed by atoms with Crippen molar-refractivity contribution in [3.63, 3.8) is 0 Å². The average Bonchev–Trinajstić information content (AvgIpc) is 2.84. The first-order valence-electron chi connectivity index (χ1n) is 7.30. The zero-order chi connectivity index (χ0) is 15.6. The molecule has 0 fully saturated rings. The Morgan fingerprint density at radius 2 is 1.82 bits per heavy atom. The molecule has 0 bridgehead atoms. The van der Waals surface area contributed by atoms with E-state index in [9.17, 15) is 9.90 Å². The molecule has 0 radical (unpaired) electrons. The summed E-state index contributed by atoms with van der Waals surface area (Å²) in [6, 6.07) is 11.2. The molecule has 0 saturated carbocycles. The lowest BCUT2D eigenvalue weighted by Crippen LogP contribution is -2.29. The lowest BCUT2D eigenvalue weighted by atomic mass is 9.68. The van der Waals surface area contributed by atoms with Crippen molar-refractivity contribution >= 4 is 27.3 Å². The third-order valence-corrected chi connectivity index (χ3v) is 5.40. The SMILES string of the molecule is CC1(C)C2=C(C(=O)c3ccc(O)cc31)c1ccc(Br)cc1C2. The number of phenols is 1. The molecule has 0 atom stereocenters. The molecule has 2 aliphatic carbocycles. The molecule has 0 heterocycles. The van der Waals surface area contributed by atoms with Gasteiger partial charge in [-0.25, -0.2) is 0 Å². The van der Waals surface area contributed by atoms with Crippen molar-refractivity contribution in [2.75, 3.05) is 0 Å². The van der Waals surface area contributed by atoms with Crippen molar-refractivity contribution in [3.8, 4) is 5.75 Å². The zero-order valence-corrected chi connectivity index (χ0v) is 14.0. The molecule has 0 aromatic heterocycles. The molecule has 110 valence electrons. The fraction of sp³-hybridized carbons (Fsp3) is 0.211. The van der Waals surface area contributed by atoms with E-state index >= 15 is 0 Å². The molecule has 1 N–H and O–H groups in total. The topological polar surface area (TPSA) is 37.3 Å². The Labute approximate surface area is 137 Å². The van der Waals surface area contributed by atoms with Gasteiger partial charge < -0.3 is 5.11 Å². The van der Waals surface area contributed by atoms with Crippen molar-refractivity contribution in [2.45, 2.75) is 25.7 Å². The molecule has 2 nitrogen and oxygen atoms in total. The molecule has 2 aliphatic rings. The van der Waals surface area contributed by atoms with E-state index < -0.39 is 0 Å². The van der Waals surface area contributed by atoms with Crippen LogP contribution in [0, 0.1) is 0 Å². The van der Waals surface area contributed by atoms with Crippen LogP contribution in [0.2, 0.25) is 0 Å². The van der Waals surface area contributed by atoms with Gasteiger partial charge in [0.05, 0.1) is 0 Å². The van der Waals surface area contributed by atoms with Crippen molar-refractivity contribution in [1.82, 2.24) is 0 Å². The molecule has 22 heavy (non-hydrogen) atoms. The van der Waals surface area contributed by atoms with Crippen molar-refractivity contribution < 1.29 is 9.90 Å². The Bertz CT molecular complexity index is 875. The van der Waals surface area contributed by atoms with Gasteiger partial charge >= 0.3 is 0 Å². The summed E-state index contributed by atoms with van der Waals surface area (Å²) in [4.78, 5) is 13.0. The van der Waals surface area contributed by atoms with Gasteiger partial charge in [0.15, 0.2) is 5.78 Å². The highest BCUT2D eigenvalue weighted by molar-refractivity contribution is 9.10. The first-order valence-corrected chi connectivity index (χ1v) is 8.09. The number of carbonyl (C=O) groups excluding carboxylic acids is 1.